The van der Waals surface area contributed by atoms with E-state index in [1.165, 1.54) is 0 Å². The third-order valence-electron chi connectivity index (χ3n) is 15.7. The van der Waals surface area contributed by atoms with E-state index < -0.39 is 36.6 Å². The monoisotopic (exact) mass is 850 g/mol. The van der Waals surface area contributed by atoms with Crippen molar-refractivity contribution in [2.75, 3.05) is 35.4 Å². The number of amides is 1. The van der Waals surface area contributed by atoms with Gasteiger partial charge in [-0.3, -0.25) is 14.4 Å². The Morgan fingerprint density at radius 3 is 2.23 bits per heavy atom. The summed E-state index contributed by atoms with van der Waals surface area (Å²) in [5.74, 6) is -1.04. The molecule has 0 N–H and O–H groups in total. The minimum atomic E-state index is -0.684. The molecule has 0 aromatic heterocycles. The summed E-state index contributed by atoms with van der Waals surface area (Å²) in [5, 5.41) is 0. The fourth-order valence-electron chi connectivity index (χ4n) is 12.6. The molecule has 4 heterocycles. The Bertz CT molecular complexity index is 1740. The van der Waals surface area contributed by atoms with Crippen LogP contribution in [0.1, 0.15) is 95.8 Å². The molecule has 7 aliphatic rings. The molecule has 0 radical (unpaired) electrons. The smallest absolute Gasteiger partial charge is 0.306 e. The number of ketones is 1. The normalized spacial score (nSPS) is 43.9. The van der Waals surface area contributed by atoms with Crippen molar-refractivity contribution < 1.29 is 52.3 Å². The lowest BCUT2D eigenvalue weighted by atomic mass is 9.66. The summed E-state index contributed by atoms with van der Waals surface area (Å²) >= 11 is 0. The predicted octanol–water partition coefficient (Wildman–Crippen LogP) is 5.82. The standard InChI is InChI=1S/C48H70N2O11/c1-10-29-17-14-18-37(61-39-20-19-36(49(5)6)26(3)57-39)25(2)43(52)35-23-32-31-21-30(60-48-46(56-9)45(55-8)44(54-7)27(4)58-48)22-34(31)41-42(40(32)33(35)24-38(51)59-29)50(41)47(53)28-15-12-11-13-16-28/h11-13,15-16,23,25-27,29-34,36-37,39-42,44-46,48H,10,14,17-22,24H2,1-9H3/t25-,26?,27?,29+,30+,31+,32+,33-,34-,36+,37+,39+,40-,41-,42+,44+,45?,46+,48+,50?/m1/s1. The van der Waals surface area contributed by atoms with Gasteiger partial charge in [0, 0.05) is 44.8 Å². The van der Waals surface area contributed by atoms with Crippen molar-refractivity contribution >= 4 is 17.7 Å². The highest BCUT2D eigenvalue weighted by Gasteiger charge is 2.70. The quantitative estimate of drug-likeness (QED) is 0.208. The van der Waals surface area contributed by atoms with Gasteiger partial charge in [-0.05, 0) is 121 Å². The van der Waals surface area contributed by atoms with E-state index in [4.69, 9.17) is 37.9 Å². The number of esters is 1. The van der Waals surface area contributed by atoms with Gasteiger partial charge in [-0.25, -0.2) is 0 Å². The summed E-state index contributed by atoms with van der Waals surface area (Å²) in [6.07, 6.45) is 4.90. The highest BCUT2D eigenvalue weighted by atomic mass is 16.7. The summed E-state index contributed by atoms with van der Waals surface area (Å²) < 4.78 is 50.3. The van der Waals surface area contributed by atoms with Gasteiger partial charge in [0.1, 0.15) is 24.4 Å². The zero-order chi connectivity index (χ0) is 43.3. The van der Waals surface area contributed by atoms with Crippen molar-refractivity contribution in [3.63, 3.8) is 0 Å². The molecule has 2 saturated carbocycles. The van der Waals surface area contributed by atoms with Crippen LogP contribution >= 0.6 is 0 Å². The van der Waals surface area contributed by atoms with E-state index in [9.17, 15) is 9.59 Å². The van der Waals surface area contributed by atoms with Gasteiger partial charge in [0.05, 0.1) is 42.9 Å². The maximum atomic E-state index is 15.2. The molecule has 13 heteroatoms. The Labute approximate surface area is 362 Å². The first-order chi connectivity index (χ1) is 29.4. The first-order valence-electron chi connectivity index (χ1n) is 23.1. The van der Waals surface area contributed by atoms with E-state index >= 15 is 4.79 Å². The first-order valence-corrected chi connectivity index (χ1v) is 23.1. The number of ether oxygens (including phenoxy) is 8. The van der Waals surface area contributed by atoms with Gasteiger partial charge in [0.2, 0.25) is 0 Å². The van der Waals surface area contributed by atoms with Crippen LogP contribution in [0.4, 0.5) is 0 Å². The van der Waals surface area contributed by atoms with Crippen molar-refractivity contribution in [2.24, 2.45) is 35.5 Å². The van der Waals surface area contributed by atoms with Crippen LogP contribution in [0, 0.1) is 35.5 Å². The molecule has 4 saturated heterocycles. The summed E-state index contributed by atoms with van der Waals surface area (Å²) in [4.78, 5) is 47.9. The van der Waals surface area contributed by atoms with Crippen LogP contribution in [0.5, 0.6) is 0 Å². The molecule has 4 aliphatic heterocycles. The number of likely N-dealkylation sites (N-methyl/N-ethyl adjacent to an activating group) is 1. The lowest BCUT2D eigenvalue weighted by Crippen LogP contribution is -2.59. The molecule has 1 amide bonds. The van der Waals surface area contributed by atoms with Crippen LogP contribution in [-0.2, 0) is 47.5 Å². The van der Waals surface area contributed by atoms with Gasteiger partial charge in [-0.1, -0.05) is 38.1 Å². The van der Waals surface area contributed by atoms with Crippen LogP contribution in [0.15, 0.2) is 42.0 Å². The van der Waals surface area contributed by atoms with Gasteiger partial charge in [-0.15, -0.1) is 0 Å². The number of fused-ring (bicyclic) bond motifs is 8. The van der Waals surface area contributed by atoms with Crippen molar-refractivity contribution in [3.05, 3.63) is 47.5 Å². The molecule has 61 heavy (non-hydrogen) atoms. The number of cyclic esters (lactones) is 1. The van der Waals surface area contributed by atoms with Gasteiger partial charge < -0.3 is 47.7 Å². The molecule has 1 aromatic carbocycles. The van der Waals surface area contributed by atoms with E-state index in [1.807, 2.05) is 44.2 Å². The molecule has 13 nitrogen and oxygen atoms in total. The molecule has 3 unspecified atom stereocenters. The van der Waals surface area contributed by atoms with Crippen LogP contribution in [0.3, 0.4) is 0 Å². The molecule has 6 fully saturated rings. The number of nitrogens with zero attached hydrogens (tertiary/aromatic N) is 2. The molecule has 1 aromatic rings. The number of Topliss-reactive ketones (excluding diaryl/α,β-unsaturated/α-hetero) is 1. The number of hydrogen-bond donors (Lipinski definition) is 0. The Hall–Kier alpha value is -2.75. The summed E-state index contributed by atoms with van der Waals surface area (Å²) in [5.41, 5.74) is 1.32. The number of likely N-dealkylation sites (tertiary alicyclic amines) is 1. The number of carbonyl (C=O) groups excluding carboxylic acids is 3. The maximum absolute atomic E-state index is 15.2. The van der Waals surface area contributed by atoms with E-state index in [1.54, 1.807) is 21.3 Å². The van der Waals surface area contributed by atoms with Crippen molar-refractivity contribution in [3.8, 4) is 0 Å². The van der Waals surface area contributed by atoms with Gasteiger partial charge in [0.25, 0.3) is 5.91 Å². The van der Waals surface area contributed by atoms with E-state index in [-0.39, 0.29) is 96.5 Å². The molecule has 0 spiro atoms. The number of rotatable bonds is 10. The van der Waals surface area contributed by atoms with Crippen LogP contribution in [0.25, 0.3) is 0 Å². The zero-order valence-corrected chi connectivity index (χ0v) is 37.7. The van der Waals surface area contributed by atoms with Crippen molar-refractivity contribution in [1.82, 2.24) is 9.80 Å². The fraction of sp³-hybridized carbons (Fsp3) is 0.771. The Morgan fingerprint density at radius 1 is 0.836 bits per heavy atom. The Balaban J connectivity index is 1.11. The molecule has 19 atom stereocenters. The number of allylic oxidation sites excluding steroid dienone is 2. The second kappa shape index (κ2) is 18.8. The predicted molar refractivity (Wildman–Crippen MR) is 225 cm³/mol. The van der Waals surface area contributed by atoms with E-state index in [0.717, 1.165) is 32.1 Å². The summed E-state index contributed by atoms with van der Waals surface area (Å²) in [6.45, 7) is 8.11. The minimum absolute atomic E-state index is 0.00253. The average molecular weight is 851 g/mol. The maximum Gasteiger partial charge on any atom is 0.306 e. The van der Waals surface area contributed by atoms with Gasteiger partial charge in [0.15, 0.2) is 18.4 Å². The summed E-state index contributed by atoms with van der Waals surface area (Å²) in [7, 11) is 9.09. The second-order valence-corrected chi connectivity index (χ2v) is 19.2. The van der Waals surface area contributed by atoms with Gasteiger partial charge in [-0.2, -0.15) is 0 Å². The van der Waals surface area contributed by atoms with E-state index in [2.05, 4.69) is 43.8 Å². The first kappa shape index (κ1) is 44.8. The molecule has 3 aliphatic carbocycles. The molecular formula is C48H70N2O11. The summed E-state index contributed by atoms with van der Waals surface area (Å²) in [6, 6.07) is 9.57. The SMILES string of the molecule is CC[C@H]1CCC[C@H](O[C@H]2CC[C@H](N(C)C)C(C)O2)[C@@H](C)C(=O)C2=C[C@H]3[C@@H]4C[C@H](O[C@@H]5OC(C)[C@H](OC)C(OC)[C@@H]5OC)C[C@H]4[C@@H]4[C@H]([C@H]3[C@@H]2CC(=O)O1)N4C(=O)c1ccccc1. The topological polar surface area (TPSA) is 131 Å². The van der Waals surface area contributed by atoms with Crippen LogP contribution in [-0.4, -0.2) is 142 Å². The number of hydrogen-bond acceptors (Lipinski definition) is 12. The van der Waals surface area contributed by atoms with E-state index in [0.29, 0.717) is 36.4 Å². The van der Waals surface area contributed by atoms with Crippen LogP contribution in [0.2, 0.25) is 0 Å². The second-order valence-electron chi connectivity index (χ2n) is 19.2. The highest BCUT2D eigenvalue weighted by Crippen LogP contribution is 2.64. The largest absolute Gasteiger partial charge is 0.462 e. The minimum Gasteiger partial charge on any atom is -0.462 e. The number of benzene rings is 1. The molecule has 8 rings (SSSR count). The molecule has 338 valence electrons. The fourth-order valence-corrected chi connectivity index (χ4v) is 12.6. The van der Waals surface area contributed by atoms with Crippen molar-refractivity contribution in [1.29, 1.82) is 0 Å². The van der Waals surface area contributed by atoms with Crippen molar-refractivity contribution in [2.45, 2.75) is 165 Å². The highest BCUT2D eigenvalue weighted by molar-refractivity contribution is 6.00. The van der Waals surface area contributed by atoms with Gasteiger partial charge >= 0.3 is 5.97 Å². The average Bonchev–Trinajstić information content (AvgIpc) is 3.65. The third-order valence-corrected chi connectivity index (χ3v) is 15.7. The lowest BCUT2D eigenvalue weighted by molar-refractivity contribution is -0.314. The lowest BCUT2D eigenvalue weighted by Gasteiger charge is -2.44. The number of methoxy groups -OCH3 is 3. The zero-order valence-electron chi connectivity index (χ0n) is 37.7. The number of carbonyl (C=O) groups is 3. The molecular weight excluding hydrogens is 781 g/mol. The Kier molecular flexibility index (Phi) is 13.8. The van der Waals surface area contributed by atoms with Crippen LogP contribution < -0.4 is 0 Å². The Morgan fingerprint density at radius 2 is 1.56 bits per heavy atom. The third kappa shape index (κ3) is 8.64. The molecule has 0 bridgehead atoms.